The van der Waals surface area contributed by atoms with Crippen molar-refractivity contribution in [3.05, 3.63) is 29.1 Å². The molecule has 0 radical (unpaired) electrons. The molecule has 0 bridgehead atoms. The van der Waals surface area contributed by atoms with Crippen LogP contribution in [0.25, 0.3) is 0 Å². The quantitative estimate of drug-likeness (QED) is 0.669. The molecule has 1 aromatic rings. The molecular weight excluding hydrogens is 284 g/mol. The Bertz CT molecular complexity index is 485. The average molecular weight is 296 g/mol. The van der Waals surface area contributed by atoms with E-state index >= 15 is 0 Å². The Morgan fingerprint density at radius 2 is 2.00 bits per heavy atom. The zero-order chi connectivity index (χ0) is 15.3. The van der Waals surface area contributed by atoms with Crippen LogP contribution in [0.2, 0.25) is 0 Å². The number of carbonyl (C=O) groups is 1. The molecule has 0 unspecified atom stereocenters. The first-order chi connectivity index (χ1) is 9.29. The van der Waals surface area contributed by atoms with Crippen LogP contribution in [0.4, 0.5) is 17.6 Å². The highest BCUT2D eigenvalue weighted by Gasteiger charge is 2.34. The lowest BCUT2D eigenvalue weighted by Crippen LogP contribution is -2.16. The standard InChI is InChI=1S/C12H12F4O4/c1-2-19-11(18)6-20-10-4-8(12(14,15)16)7(5-17)3-9(10)13/h3-4,17H,2,5-6H2,1H3. The number of halogens is 4. The molecule has 0 spiro atoms. The lowest BCUT2D eigenvalue weighted by molar-refractivity contribution is -0.145. The van der Waals surface area contributed by atoms with Gasteiger partial charge in [0.25, 0.3) is 0 Å². The molecule has 112 valence electrons. The summed E-state index contributed by atoms with van der Waals surface area (Å²) in [5.74, 6) is -2.67. The molecule has 0 heterocycles. The van der Waals surface area contributed by atoms with Crippen LogP contribution in [0, 0.1) is 5.82 Å². The van der Waals surface area contributed by atoms with Gasteiger partial charge in [0.15, 0.2) is 18.2 Å². The number of ether oxygens (including phenoxy) is 2. The predicted molar refractivity (Wildman–Crippen MR) is 59.5 cm³/mol. The Balaban J connectivity index is 3.00. The number of benzene rings is 1. The molecule has 1 rings (SSSR count). The summed E-state index contributed by atoms with van der Waals surface area (Å²) < 4.78 is 60.7. The molecule has 4 nitrogen and oxygen atoms in total. The number of aliphatic hydroxyl groups excluding tert-OH is 1. The maximum Gasteiger partial charge on any atom is 0.416 e. The summed E-state index contributed by atoms with van der Waals surface area (Å²) in [4.78, 5) is 11.0. The summed E-state index contributed by atoms with van der Waals surface area (Å²) >= 11 is 0. The fourth-order valence-corrected chi connectivity index (χ4v) is 1.44. The van der Waals surface area contributed by atoms with E-state index in [9.17, 15) is 22.4 Å². The molecule has 0 aliphatic carbocycles. The lowest BCUT2D eigenvalue weighted by Gasteiger charge is -2.14. The SMILES string of the molecule is CCOC(=O)COc1cc(C(F)(F)F)c(CO)cc1F. The largest absolute Gasteiger partial charge is 0.479 e. The predicted octanol–water partition coefficient (Wildman–Crippen LogP) is 2.28. The molecule has 0 aliphatic rings. The van der Waals surface area contributed by atoms with Crippen LogP contribution in [0.1, 0.15) is 18.1 Å². The third kappa shape index (κ3) is 4.09. The fourth-order valence-electron chi connectivity index (χ4n) is 1.44. The van der Waals surface area contributed by atoms with E-state index in [0.717, 1.165) is 0 Å². The first-order valence-electron chi connectivity index (χ1n) is 5.58. The number of alkyl halides is 3. The Morgan fingerprint density at radius 1 is 1.35 bits per heavy atom. The van der Waals surface area contributed by atoms with Crippen LogP contribution < -0.4 is 4.74 Å². The van der Waals surface area contributed by atoms with Crippen LogP contribution in [-0.2, 0) is 22.3 Å². The molecule has 0 fully saturated rings. The van der Waals surface area contributed by atoms with Crippen molar-refractivity contribution >= 4 is 5.97 Å². The number of hydrogen-bond acceptors (Lipinski definition) is 4. The minimum Gasteiger partial charge on any atom is -0.479 e. The molecule has 8 heteroatoms. The van der Waals surface area contributed by atoms with Gasteiger partial charge >= 0.3 is 12.1 Å². The third-order valence-corrected chi connectivity index (χ3v) is 2.28. The molecule has 1 N–H and O–H groups in total. The Hall–Kier alpha value is -1.83. The van der Waals surface area contributed by atoms with Gasteiger partial charge in [0.2, 0.25) is 0 Å². The van der Waals surface area contributed by atoms with Gasteiger partial charge in [0.1, 0.15) is 0 Å². The number of aliphatic hydroxyl groups is 1. The van der Waals surface area contributed by atoms with Crippen LogP contribution in [0.5, 0.6) is 5.75 Å². The van der Waals surface area contributed by atoms with E-state index in [0.29, 0.717) is 12.1 Å². The van der Waals surface area contributed by atoms with Gasteiger partial charge in [-0.05, 0) is 24.6 Å². The van der Waals surface area contributed by atoms with Crippen molar-refractivity contribution in [2.45, 2.75) is 19.7 Å². The summed E-state index contributed by atoms with van der Waals surface area (Å²) in [5, 5.41) is 8.80. The summed E-state index contributed by atoms with van der Waals surface area (Å²) in [7, 11) is 0. The van der Waals surface area contributed by atoms with Crippen LogP contribution in [0.15, 0.2) is 12.1 Å². The monoisotopic (exact) mass is 296 g/mol. The van der Waals surface area contributed by atoms with Gasteiger partial charge in [-0.1, -0.05) is 0 Å². The van der Waals surface area contributed by atoms with E-state index in [1.807, 2.05) is 0 Å². The van der Waals surface area contributed by atoms with Crippen molar-refractivity contribution in [1.82, 2.24) is 0 Å². The van der Waals surface area contributed by atoms with Crippen molar-refractivity contribution in [1.29, 1.82) is 0 Å². The van der Waals surface area contributed by atoms with E-state index in [-0.39, 0.29) is 6.61 Å². The normalized spacial score (nSPS) is 11.3. The highest BCUT2D eigenvalue weighted by atomic mass is 19.4. The maximum absolute atomic E-state index is 13.5. The number of rotatable bonds is 5. The summed E-state index contributed by atoms with van der Waals surface area (Å²) in [6.07, 6.45) is -4.77. The minimum atomic E-state index is -4.77. The zero-order valence-corrected chi connectivity index (χ0v) is 10.5. The second-order valence-electron chi connectivity index (χ2n) is 3.69. The minimum absolute atomic E-state index is 0.0714. The molecular formula is C12H12F4O4. The fraction of sp³-hybridized carbons (Fsp3) is 0.417. The zero-order valence-electron chi connectivity index (χ0n) is 10.5. The first kappa shape index (κ1) is 16.2. The van der Waals surface area contributed by atoms with E-state index in [4.69, 9.17) is 5.11 Å². The molecule has 0 amide bonds. The summed E-state index contributed by atoms with van der Waals surface area (Å²) in [6, 6.07) is 0.920. The summed E-state index contributed by atoms with van der Waals surface area (Å²) in [5.41, 5.74) is -1.83. The number of esters is 1. The Morgan fingerprint density at radius 3 is 2.50 bits per heavy atom. The average Bonchev–Trinajstić information content (AvgIpc) is 2.35. The molecule has 0 aromatic heterocycles. The summed E-state index contributed by atoms with van der Waals surface area (Å²) in [6.45, 7) is -0.0668. The van der Waals surface area contributed by atoms with E-state index < -0.39 is 48.1 Å². The van der Waals surface area contributed by atoms with Gasteiger partial charge < -0.3 is 14.6 Å². The third-order valence-electron chi connectivity index (χ3n) is 2.28. The van der Waals surface area contributed by atoms with Crippen LogP contribution in [0.3, 0.4) is 0 Å². The Labute approximate surface area is 111 Å². The van der Waals surface area contributed by atoms with Gasteiger partial charge in [-0.2, -0.15) is 13.2 Å². The lowest BCUT2D eigenvalue weighted by atomic mass is 10.1. The smallest absolute Gasteiger partial charge is 0.416 e. The van der Waals surface area contributed by atoms with Crippen molar-refractivity contribution in [3.8, 4) is 5.75 Å². The van der Waals surface area contributed by atoms with E-state index in [1.54, 1.807) is 0 Å². The highest BCUT2D eigenvalue weighted by molar-refractivity contribution is 5.71. The molecule has 0 aliphatic heterocycles. The molecule has 0 saturated heterocycles. The number of carbonyl (C=O) groups excluding carboxylic acids is 1. The van der Waals surface area contributed by atoms with Gasteiger partial charge in [-0.25, -0.2) is 9.18 Å². The molecule has 20 heavy (non-hydrogen) atoms. The number of hydrogen-bond donors (Lipinski definition) is 1. The second-order valence-corrected chi connectivity index (χ2v) is 3.69. The van der Waals surface area contributed by atoms with E-state index in [1.165, 1.54) is 6.92 Å². The van der Waals surface area contributed by atoms with Crippen molar-refractivity contribution < 1.29 is 36.9 Å². The molecule has 0 atom stereocenters. The van der Waals surface area contributed by atoms with Crippen molar-refractivity contribution in [2.24, 2.45) is 0 Å². The highest BCUT2D eigenvalue weighted by Crippen LogP contribution is 2.35. The molecule has 0 saturated carbocycles. The Kier molecular flexibility index (Phi) is 5.32. The maximum atomic E-state index is 13.5. The van der Waals surface area contributed by atoms with Gasteiger partial charge in [-0.3, -0.25) is 0 Å². The second kappa shape index (κ2) is 6.56. The van der Waals surface area contributed by atoms with Crippen molar-refractivity contribution in [3.63, 3.8) is 0 Å². The van der Waals surface area contributed by atoms with Crippen molar-refractivity contribution in [2.75, 3.05) is 13.2 Å². The van der Waals surface area contributed by atoms with E-state index in [2.05, 4.69) is 9.47 Å². The topological polar surface area (TPSA) is 55.8 Å². The van der Waals surface area contributed by atoms with Crippen LogP contribution in [-0.4, -0.2) is 24.3 Å². The van der Waals surface area contributed by atoms with Gasteiger partial charge in [0.05, 0.1) is 18.8 Å². The first-order valence-corrected chi connectivity index (χ1v) is 5.58. The van der Waals surface area contributed by atoms with Gasteiger partial charge in [0, 0.05) is 0 Å². The van der Waals surface area contributed by atoms with Gasteiger partial charge in [-0.15, -0.1) is 0 Å². The molecule has 1 aromatic carbocycles. The van der Waals surface area contributed by atoms with Crippen LogP contribution >= 0.6 is 0 Å².